The van der Waals surface area contributed by atoms with Gasteiger partial charge in [-0.15, -0.1) is 0 Å². The zero-order chi connectivity index (χ0) is 15.0. The number of ether oxygens (including phenoxy) is 1. The molecular formula is C17H16O4. The smallest absolute Gasteiger partial charge is 0.339 e. The molecule has 21 heavy (non-hydrogen) atoms. The Bertz CT molecular complexity index is 807. The van der Waals surface area contributed by atoms with E-state index in [1.165, 1.54) is 6.08 Å². The first-order valence-corrected chi connectivity index (χ1v) is 7.00. The molecule has 1 heterocycles. The molecule has 3 rings (SSSR count). The van der Waals surface area contributed by atoms with Gasteiger partial charge in [0, 0.05) is 23.1 Å². The second-order valence-electron chi connectivity index (χ2n) is 5.50. The molecular weight excluding hydrogens is 268 g/mol. The summed E-state index contributed by atoms with van der Waals surface area (Å²) in [5, 5.41) is 0.934. The van der Waals surface area contributed by atoms with Crippen molar-refractivity contribution in [2.75, 3.05) is 0 Å². The third kappa shape index (κ3) is 2.61. The zero-order valence-corrected chi connectivity index (χ0v) is 12.1. The topological polar surface area (TPSA) is 56.5 Å². The minimum Gasteiger partial charge on any atom is -0.423 e. The normalized spacial score (nSPS) is 13.0. The number of fused-ring (bicyclic) bond motifs is 3. The molecule has 1 aromatic carbocycles. The molecule has 108 valence electrons. The number of carbonyl (C=O) groups is 1. The summed E-state index contributed by atoms with van der Waals surface area (Å²) < 4.78 is 10.6. The van der Waals surface area contributed by atoms with Crippen molar-refractivity contribution in [1.29, 1.82) is 0 Å². The molecule has 1 aliphatic rings. The lowest BCUT2D eigenvalue weighted by molar-refractivity contribution is -0.129. The van der Waals surface area contributed by atoms with Crippen LogP contribution in [0.1, 0.15) is 31.4 Å². The van der Waals surface area contributed by atoms with Crippen LogP contribution >= 0.6 is 0 Å². The second-order valence-corrected chi connectivity index (χ2v) is 5.50. The molecule has 1 aliphatic carbocycles. The predicted octanol–water partition coefficient (Wildman–Crippen LogP) is 3.15. The number of carbonyl (C=O) groups excluding carboxylic acids is 1. The Morgan fingerprint density at radius 3 is 2.76 bits per heavy atom. The van der Waals surface area contributed by atoms with Crippen molar-refractivity contribution in [2.24, 2.45) is 0 Å². The van der Waals surface area contributed by atoms with Crippen molar-refractivity contribution in [1.82, 2.24) is 0 Å². The summed E-state index contributed by atoms with van der Waals surface area (Å²) in [7, 11) is 0. The van der Waals surface area contributed by atoms with Crippen LogP contribution in [0, 0.1) is 0 Å². The average molecular weight is 284 g/mol. The molecule has 0 bridgehead atoms. The molecule has 0 atom stereocenters. The second kappa shape index (κ2) is 5.20. The molecule has 0 saturated carbocycles. The van der Waals surface area contributed by atoms with Crippen molar-refractivity contribution in [3.63, 3.8) is 0 Å². The quantitative estimate of drug-likeness (QED) is 0.368. The van der Waals surface area contributed by atoms with Crippen LogP contribution in [0.2, 0.25) is 0 Å². The highest BCUT2D eigenvalue weighted by Crippen LogP contribution is 2.29. The SMILES string of the molecule is CC(C)=CC(=O)Oc1ccc2c3c(c(=O)oc2c1)CCC3. The van der Waals surface area contributed by atoms with Gasteiger partial charge in [0.25, 0.3) is 0 Å². The van der Waals surface area contributed by atoms with Crippen LogP contribution in [0.15, 0.2) is 39.1 Å². The van der Waals surface area contributed by atoms with E-state index >= 15 is 0 Å². The van der Waals surface area contributed by atoms with E-state index in [0.717, 1.165) is 41.3 Å². The van der Waals surface area contributed by atoms with E-state index in [0.29, 0.717) is 11.3 Å². The summed E-state index contributed by atoms with van der Waals surface area (Å²) in [6, 6.07) is 5.19. The Morgan fingerprint density at radius 1 is 1.24 bits per heavy atom. The van der Waals surface area contributed by atoms with E-state index in [9.17, 15) is 9.59 Å². The van der Waals surface area contributed by atoms with Crippen LogP contribution in [0.5, 0.6) is 5.75 Å². The predicted molar refractivity (Wildman–Crippen MR) is 79.6 cm³/mol. The van der Waals surface area contributed by atoms with Crippen LogP contribution < -0.4 is 10.4 Å². The number of esters is 1. The third-order valence-electron chi connectivity index (χ3n) is 3.57. The highest BCUT2D eigenvalue weighted by atomic mass is 16.5. The fourth-order valence-corrected chi connectivity index (χ4v) is 2.71. The third-order valence-corrected chi connectivity index (χ3v) is 3.57. The van der Waals surface area contributed by atoms with Gasteiger partial charge in [-0.3, -0.25) is 0 Å². The van der Waals surface area contributed by atoms with Crippen LogP contribution in [-0.2, 0) is 17.6 Å². The molecule has 0 aliphatic heterocycles. The maximum absolute atomic E-state index is 11.9. The lowest BCUT2D eigenvalue weighted by Crippen LogP contribution is -2.07. The van der Waals surface area contributed by atoms with Gasteiger partial charge in [-0.05, 0) is 50.8 Å². The first-order valence-electron chi connectivity index (χ1n) is 7.00. The summed E-state index contributed by atoms with van der Waals surface area (Å²) in [6.45, 7) is 3.65. The maximum Gasteiger partial charge on any atom is 0.339 e. The van der Waals surface area contributed by atoms with E-state index in [2.05, 4.69) is 0 Å². The molecule has 0 amide bonds. The van der Waals surface area contributed by atoms with Gasteiger partial charge in [0.15, 0.2) is 0 Å². The number of aryl methyl sites for hydroxylation is 1. The molecule has 0 unspecified atom stereocenters. The highest BCUT2D eigenvalue weighted by Gasteiger charge is 2.19. The molecule has 1 aromatic heterocycles. The van der Waals surface area contributed by atoms with Gasteiger partial charge in [0.05, 0.1) is 0 Å². The minimum absolute atomic E-state index is 0.275. The summed E-state index contributed by atoms with van der Waals surface area (Å²) in [6.07, 6.45) is 4.08. The Balaban J connectivity index is 2.02. The largest absolute Gasteiger partial charge is 0.423 e. The van der Waals surface area contributed by atoms with Crippen molar-refractivity contribution >= 4 is 16.9 Å². The molecule has 0 N–H and O–H groups in total. The monoisotopic (exact) mass is 284 g/mol. The highest BCUT2D eigenvalue weighted by molar-refractivity contribution is 5.87. The lowest BCUT2D eigenvalue weighted by atomic mass is 10.1. The van der Waals surface area contributed by atoms with E-state index in [1.54, 1.807) is 12.1 Å². The van der Waals surface area contributed by atoms with Gasteiger partial charge in [-0.25, -0.2) is 9.59 Å². The number of benzene rings is 1. The van der Waals surface area contributed by atoms with Gasteiger partial charge in [0.2, 0.25) is 0 Å². The van der Waals surface area contributed by atoms with Crippen LogP contribution in [0.25, 0.3) is 11.0 Å². The number of hydrogen-bond donors (Lipinski definition) is 0. The van der Waals surface area contributed by atoms with Gasteiger partial charge >= 0.3 is 11.6 Å². The van der Waals surface area contributed by atoms with E-state index < -0.39 is 5.97 Å². The van der Waals surface area contributed by atoms with Gasteiger partial charge in [-0.1, -0.05) is 5.57 Å². The summed E-state index contributed by atoms with van der Waals surface area (Å²) in [4.78, 5) is 23.5. The molecule has 0 fully saturated rings. The summed E-state index contributed by atoms with van der Waals surface area (Å²) in [5.41, 5.74) is 2.93. The van der Waals surface area contributed by atoms with Crippen molar-refractivity contribution in [3.8, 4) is 5.75 Å². The van der Waals surface area contributed by atoms with Crippen molar-refractivity contribution in [3.05, 3.63) is 51.4 Å². The van der Waals surface area contributed by atoms with E-state index in [1.807, 2.05) is 19.9 Å². The van der Waals surface area contributed by atoms with Gasteiger partial charge in [0.1, 0.15) is 11.3 Å². The minimum atomic E-state index is -0.433. The van der Waals surface area contributed by atoms with Crippen LogP contribution in [-0.4, -0.2) is 5.97 Å². The standard InChI is InChI=1S/C17H16O4/c1-10(2)8-16(18)20-11-6-7-13-12-4-3-5-14(12)17(19)21-15(13)9-11/h6-9H,3-5H2,1-2H3. The number of rotatable bonds is 2. The number of hydrogen-bond acceptors (Lipinski definition) is 4. The van der Waals surface area contributed by atoms with Gasteiger partial charge in [-0.2, -0.15) is 0 Å². The first-order chi connectivity index (χ1) is 10.0. The molecule has 2 aromatic rings. The average Bonchev–Trinajstić information content (AvgIpc) is 2.87. The Morgan fingerprint density at radius 2 is 2.00 bits per heavy atom. The Hall–Kier alpha value is -2.36. The fraction of sp³-hybridized carbons (Fsp3) is 0.294. The maximum atomic E-state index is 11.9. The lowest BCUT2D eigenvalue weighted by Gasteiger charge is -2.06. The van der Waals surface area contributed by atoms with Crippen molar-refractivity contribution < 1.29 is 13.9 Å². The Labute approximate surface area is 122 Å². The molecule has 0 spiro atoms. The van der Waals surface area contributed by atoms with Crippen LogP contribution in [0.3, 0.4) is 0 Å². The van der Waals surface area contributed by atoms with E-state index in [-0.39, 0.29) is 5.63 Å². The van der Waals surface area contributed by atoms with Crippen LogP contribution in [0.4, 0.5) is 0 Å². The zero-order valence-electron chi connectivity index (χ0n) is 12.1. The summed E-state index contributed by atoms with van der Waals surface area (Å²) in [5.74, 6) is -0.0519. The summed E-state index contributed by atoms with van der Waals surface area (Å²) >= 11 is 0. The molecule has 4 nitrogen and oxygen atoms in total. The number of allylic oxidation sites excluding steroid dienone is 1. The molecule has 0 saturated heterocycles. The first kappa shape index (κ1) is 13.6. The fourth-order valence-electron chi connectivity index (χ4n) is 2.71. The molecule has 0 radical (unpaired) electrons. The molecule has 4 heteroatoms. The van der Waals surface area contributed by atoms with E-state index in [4.69, 9.17) is 9.15 Å². The van der Waals surface area contributed by atoms with Crippen molar-refractivity contribution in [2.45, 2.75) is 33.1 Å². The Kier molecular flexibility index (Phi) is 3.37. The van der Waals surface area contributed by atoms with Gasteiger partial charge < -0.3 is 9.15 Å².